The first-order valence-corrected chi connectivity index (χ1v) is 7.04. The fourth-order valence-electron chi connectivity index (χ4n) is 2.80. The predicted molar refractivity (Wildman–Crippen MR) is 79.2 cm³/mol. The molecule has 1 aliphatic heterocycles. The average molecular weight is 269 g/mol. The van der Waals surface area contributed by atoms with Gasteiger partial charge in [-0.3, -0.25) is 9.48 Å². The van der Waals surface area contributed by atoms with Crippen LogP contribution in [-0.2, 0) is 6.42 Å². The second kappa shape index (κ2) is 4.78. The Balaban J connectivity index is 1.93. The molecule has 104 valence electrons. The predicted octanol–water partition coefficient (Wildman–Crippen LogP) is 2.98. The molecule has 0 bridgehead atoms. The Kier molecular flexibility index (Phi) is 3.08. The summed E-state index contributed by atoms with van der Waals surface area (Å²) in [5, 5.41) is 4.45. The lowest BCUT2D eigenvalue weighted by molar-refractivity contribution is 0.0983. The van der Waals surface area contributed by atoms with E-state index in [1.165, 1.54) is 5.56 Å². The van der Waals surface area contributed by atoms with Gasteiger partial charge in [0.2, 0.25) is 0 Å². The summed E-state index contributed by atoms with van der Waals surface area (Å²) in [7, 11) is 0. The minimum absolute atomic E-state index is 0.00236. The van der Waals surface area contributed by atoms with Gasteiger partial charge in [-0.2, -0.15) is 5.10 Å². The van der Waals surface area contributed by atoms with Crippen molar-refractivity contribution in [2.24, 2.45) is 0 Å². The number of carbonyl (C=O) groups excluding carboxylic acids is 1. The maximum absolute atomic E-state index is 12.6. The van der Waals surface area contributed by atoms with Crippen molar-refractivity contribution in [1.82, 2.24) is 9.78 Å². The normalized spacial score (nSPS) is 13.9. The zero-order chi connectivity index (χ0) is 14.3. The van der Waals surface area contributed by atoms with E-state index in [9.17, 15) is 4.79 Å². The molecule has 1 aromatic heterocycles. The first-order valence-electron chi connectivity index (χ1n) is 7.04. The number of benzene rings is 1. The highest BCUT2D eigenvalue weighted by Gasteiger charge is 2.27. The van der Waals surface area contributed by atoms with Gasteiger partial charge in [0.25, 0.3) is 5.91 Å². The molecule has 0 spiro atoms. The van der Waals surface area contributed by atoms with Gasteiger partial charge in [-0.15, -0.1) is 0 Å². The third-order valence-corrected chi connectivity index (χ3v) is 3.76. The number of hydrogen-bond acceptors (Lipinski definition) is 2. The summed E-state index contributed by atoms with van der Waals surface area (Å²) in [4.78, 5) is 14.5. The monoisotopic (exact) mass is 269 g/mol. The summed E-state index contributed by atoms with van der Waals surface area (Å²) in [6, 6.07) is 10.2. The molecule has 1 aromatic carbocycles. The first-order chi connectivity index (χ1) is 9.58. The summed E-state index contributed by atoms with van der Waals surface area (Å²) < 4.78 is 1.90. The van der Waals surface area contributed by atoms with E-state index in [1.54, 1.807) is 0 Å². The summed E-state index contributed by atoms with van der Waals surface area (Å²) in [6.07, 6.45) is 0.922. The number of para-hydroxylation sites is 1. The van der Waals surface area contributed by atoms with E-state index in [0.717, 1.165) is 24.3 Å². The zero-order valence-electron chi connectivity index (χ0n) is 12.1. The standard InChI is InChI=1S/C16H19N3O/c1-11(2)19-12(3)10-14(17-19)16(20)18-9-8-13-6-4-5-7-15(13)18/h4-7,10-11H,8-9H2,1-3H3. The summed E-state index contributed by atoms with van der Waals surface area (Å²) in [5.41, 5.74) is 3.82. The van der Waals surface area contributed by atoms with Crippen LogP contribution in [0.4, 0.5) is 5.69 Å². The Morgan fingerprint density at radius 2 is 2.05 bits per heavy atom. The number of aryl methyl sites for hydroxylation is 1. The molecule has 3 rings (SSSR count). The third-order valence-electron chi connectivity index (χ3n) is 3.76. The van der Waals surface area contributed by atoms with E-state index in [1.807, 2.05) is 40.8 Å². The lowest BCUT2D eigenvalue weighted by Gasteiger charge is -2.15. The van der Waals surface area contributed by atoms with E-state index < -0.39 is 0 Å². The molecule has 0 N–H and O–H groups in total. The van der Waals surface area contributed by atoms with Crippen molar-refractivity contribution in [1.29, 1.82) is 0 Å². The molecule has 4 heteroatoms. The summed E-state index contributed by atoms with van der Waals surface area (Å²) in [5.74, 6) is -0.00236. The molecule has 4 nitrogen and oxygen atoms in total. The molecule has 20 heavy (non-hydrogen) atoms. The van der Waals surface area contributed by atoms with Crippen LogP contribution in [-0.4, -0.2) is 22.2 Å². The van der Waals surface area contributed by atoms with E-state index in [-0.39, 0.29) is 11.9 Å². The van der Waals surface area contributed by atoms with Crippen LogP contribution in [0.1, 0.15) is 41.6 Å². The molecule has 1 amide bonds. The Bertz CT molecular complexity index is 657. The summed E-state index contributed by atoms with van der Waals surface area (Å²) in [6.45, 7) is 6.87. The Hall–Kier alpha value is -2.10. The molecule has 0 saturated heterocycles. The highest BCUT2D eigenvalue weighted by atomic mass is 16.2. The number of nitrogens with zero attached hydrogens (tertiary/aromatic N) is 3. The highest BCUT2D eigenvalue weighted by molar-refractivity contribution is 6.06. The van der Waals surface area contributed by atoms with Gasteiger partial charge in [-0.25, -0.2) is 0 Å². The van der Waals surface area contributed by atoms with Crippen LogP contribution < -0.4 is 4.90 Å². The summed E-state index contributed by atoms with van der Waals surface area (Å²) >= 11 is 0. The van der Waals surface area contributed by atoms with E-state index in [2.05, 4.69) is 25.0 Å². The molecule has 0 atom stereocenters. The van der Waals surface area contributed by atoms with Crippen molar-refractivity contribution >= 4 is 11.6 Å². The second-order valence-corrected chi connectivity index (χ2v) is 5.54. The van der Waals surface area contributed by atoms with Gasteiger partial charge < -0.3 is 4.90 Å². The molecule has 0 fully saturated rings. The Labute approximate surface area is 119 Å². The van der Waals surface area contributed by atoms with Crippen LogP contribution in [0.5, 0.6) is 0 Å². The number of carbonyl (C=O) groups is 1. The van der Waals surface area contributed by atoms with Crippen LogP contribution in [0, 0.1) is 6.92 Å². The molecule has 2 heterocycles. The smallest absolute Gasteiger partial charge is 0.278 e. The zero-order valence-corrected chi connectivity index (χ0v) is 12.1. The van der Waals surface area contributed by atoms with Crippen LogP contribution in [0.25, 0.3) is 0 Å². The molecule has 0 saturated carbocycles. The van der Waals surface area contributed by atoms with Crippen LogP contribution in [0.3, 0.4) is 0 Å². The second-order valence-electron chi connectivity index (χ2n) is 5.54. The van der Waals surface area contributed by atoms with Crippen molar-refractivity contribution in [2.75, 3.05) is 11.4 Å². The average Bonchev–Trinajstić information content (AvgIpc) is 3.01. The number of amides is 1. The van der Waals surface area contributed by atoms with Gasteiger partial charge in [0.05, 0.1) is 0 Å². The van der Waals surface area contributed by atoms with E-state index >= 15 is 0 Å². The fraction of sp³-hybridized carbons (Fsp3) is 0.375. The van der Waals surface area contributed by atoms with Gasteiger partial charge in [0.1, 0.15) is 0 Å². The van der Waals surface area contributed by atoms with Crippen molar-refractivity contribution in [2.45, 2.75) is 33.2 Å². The van der Waals surface area contributed by atoms with Gasteiger partial charge in [0, 0.05) is 24.0 Å². The molecule has 0 unspecified atom stereocenters. The molecule has 1 aliphatic rings. The topological polar surface area (TPSA) is 38.1 Å². The minimum Gasteiger partial charge on any atom is -0.306 e. The van der Waals surface area contributed by atoms with Crippen LogP contribution in [0.2, 0.25) is 0 Å². The maximum atomic E-state index is 12.6. The van der Waals surface area contributed by atoms with Crippen LogP contribution in [0.15, 0.2) is 30.3 Å². The number of rotatable bonds is 2. The van der Waals surface area contributed by atoms with Gasteiger partial charge >= 0.3 is 0 Å². The van der Waals surface area contributed by atoms with E-state index in [0.29, 0.717) is 5.69 Å². The maximum Gasteiger partial charge on any atom is 0.278 e. The fourth-order valence-corrected chi connectivity index (χ4v) is 2.80. The van der Waals surface area contributed by atoms with Crippen LogP contribution >= 0.6 is 0 Å². The lowest BCUT2D eigenvalue weighted by atomic mass is 10.2. The quantitative estimate of drug-likeness (QED) is 0.840. The number of aromatic nitrogens is 2. The molecule has 0 radical (unpaired) electrons. The largest absolute Gasteiger partial charge is 0.306 e. The SMILES string of the molecule is Cc1cc(C(=O)N2CCc3ccccc32)nn1C(C)C. The van der Waals surface area contributed by atoms with Crippen molar-refractivity contribution in [3.63, 3.8) is 0 Å². The minimum atomic E-state index is -0.00236. The van der Waals surface area contributed by atoms with Gasteiger partial charge in [0.15, 0.2) is 5.69 Å². The highest BCUT2D eigenvalue weighted by Crippen LogP contribution is 2.28. The van der Waals surface area contributed by atoms with Gasteiger partial charge in [-0.1, -0.05) is 18.2 Å². The lowest BCUT2D eigenvalue weighted by Crippen LogP contribution is -2.29. The molecular formula is C16H19N3O. The Morgan fingerprint density at radius 1 is 1.30 bits per heavy atom. The van der Waals surface area contributed by atoms with E-state index in [4.69, 9.17) is 0 Å². The molecule has 2 aromatic rings. The first kappa shape index (κ1) is 12.9. The van der Waals surface area contributed by atoms with Gasteiger partial charge in [-0.05, 0) is 44.9 Å². The number of anilines is 1. The molecular weight excluding hydrogens is 250 g/mol. The third kappa shape index (κ3) is 2.01. The number of hydrogen-bond donors (Lipinski definition) is 0. The van der Waals surface area contributed by atoms with Crippen molar-refractivity contribution < 1.29 is 4.79 Å². The van der Waals surface area contributed by atoms with Crippen molar-refractivity contribution in [3.05, 3.63) is 47.3 Å². The number of fused-ring (bicyclic) bond motifs is 1. The van der Waals surface area contributed by atoms with Crippen molar-refractivity contribution in [3.8, 4) is 0 Å². The molecule has 0 aliphatic carbocycles. The Morgan fingerprint density at radius 3 is 2.75 bits per heavy atom.